The lowest BCUT2D eigenvalue weighted by Gasteiger charge is -2.23. The minimum Gasteiger partial charge on any atom is -0.367 e. The molecule has 0 aromatic heterocycles. The van der Waals surface area contributed by atoms with Gasteiger partial charge in [0.2, 0.25) is 10.0 Å². The van der Waals surface area contributed by atoms with Crippen molar-refractivity contribution >= 4 is 15.7 Å². The molecule has 2 saturated heterocycles. The van der Waals surface area contributed by atoms with Gasteiger partial charge in [-0.2, -0.15) is 0 Å². The van der Waals surface area contributed by atoms with E-state index in [1.54, 1.807) is 0 Å². The Balaban J connectivity index is 1.96. The quantitative estimate of drug-likeness (QED) is 0.862. The Labute approximate surface area is 118 Å². The summed E-state index contributed by atoms with van der Waals surface area (Å²) in [4.78, 5) is 3.97. The summed E-state index contributed by atoms with van der Waals surface area (Å²) in [5.41, 5.74) is 0.132. The second kappa shape index (κ2) is 4.68. The molecule has 0 saturated carbocycles. The highest BCUT2D eigenvalue weighted by molar-refractivity contribution is 7.89. The SMILES string of the molecule is CN1C[C@@H]2CN(c3c(F)cccc3S(N)(=O)=O)C[C@@H]2C1. The maximum Gasteiger partial charge on any atom is 0.240 e. The number of sulfonamides is 1. The standard InChI is InChI=1S/C13H18FN3O2S/c1-16-5-9-7-17(8-10(9)6-16)13-11(14)3-2-4-12(13)20(15,18)19/h2-4,9-10H,5-8H2,1H3,(H2,15,18,19)/t9-,10+. The van der Waals surface area contributed by atoms with Crippen molar-refractivity contribution in [3.05, 3.63) is 24.0 Å². The van der Waals surface area contributed by atoms with Crippen molar-refractivity contribution in [1.29, 1.82) is 0 Å². The lowest BCUT2D eigenvalue weighted by Crippen LogP contribution is -2.29. The van der Waals surface area contributed by atoms with Crippen molar-refractivity contribution in [3.8, 4) is 0 Å². The van der Waals surface area contributed by atoms with E-state index in [0.717, 1.165) is 13.1 Å². The number of anilines is 1. The van der Waals surface area contributed by atoms with E-state index in [1.807, 2.05) is 4.90 Å². The fraction of sp³-hybridized carbons (Fsp3) is 0.538. The second-order valence-corrected chi connectivity index (χ2v) is 7.31. The van der Waals surface area contributed by atoms with Gasteiger partial charge in [0, 0.05) is 26.2 Å². The molecule has 3 rings (SSSR count). The molecule has 2 atom stereocenters. The average molecular weight is 299 g/mol. The fourth-order valence-corrected chi connectivity index (χ4v) is 4.21. The molecule has 2 N–H and O–H groups in total. The predicted molar refractivity (Wildman–Crippen MR) is 74.5 cm³/mol. The van der Waals surface area contributed by atoms with Gasteiger partial charge in [0.15, 0.2) is 0 Å². The summed E-state index contributed by atoms with van der Waals surface area (Å²) in [7, 11) is -1.85. The number of benzene rings is 1. The summed E-state index contributed by atoms with van der Waals surface area (Å²) in [5.74, 6) is 0.408. The molecule has 0 aliphatic carbocycles. The Kier molecular flexibility index (Phi) is 3.23. The third kappa shape index (κ3) is 2.30. The van der Waals surface area contributed by atoms with Crippen molar-refractivity contribution < 1.29 is 12.8 Å². The van der Waals surface area contributed by atoms with Crippen LogP contribution in [0.15, 0.2) is 23.1 Å². The number of para-hydroxylation sites is 1. The largest absolute Gasteiger partial charge is 0.367 e. The average Bonchev–Trinajstić information content (AvgIpc) is 2.84. The fourth-order valence-electron chi connectivity index (χ4n) is 3.44. The van der Waals surface area contributed by atoms with Crippen molar-refractivity contribution in [2.75, 3.05) is 38.1 Å². The van der Waals surface area contributed by atoms with E-state index in [0.29, 0.717) is 24.9 Å². The van der Waals surface area contributed by atoms with Gasteiger partial charge in [0.05, 0.1) is 5.69 Å². The predicted octanol–water partition coefficient (Wildman–Crippen LogP) is 0.471. The maximum atomic E-state index is 14.1. The first-order valence-electron chi connectivity index (χ1n) is 6.61. The maximum absolute atomic E-state index is 14.1. The summed E-state index contributed by atoms with van der Waals surface area (Å²) < 4.78 is 37.4. The van der Waals surface area contributed by atoms with E-state index >= 15 is 0 Å². The molecule has 0 bridgehead atoms. The summed E-state index contributed by atoms with van der Waals surface area (Å²) in [5, 5.41) is 5.20. The number of hydrogen-bond acceptors (Lipinski definition) is 4. The molecule has 5 nitrogen and oxygen atoms in total. The Bertz CT molecular complexity index is 621. The Morgan fingerprint density at radius 3 is 2.35 bits per heavy atom. The highest BCUT2D eigenvalue weighted by Crippen LogP contribution is 2.37. The van der Waals surface area contributed by atoms with Gasteiger partial charge in [-0.05, 0) is 31.0 Å². The van der Waals surface area contributed by atoms with Gasteiger partial charge < -0.3 is 9.80 Å². The van der Waals surface area contributed by atoms with Crippen molar-refractivity contribution in [2.45, 2.75) is 4.90 Å². The third-order valence-electron chi connectivity index (χ3n) is 4.24. The molecule has 2 aliphatic heterocycles. The summed E-state index contributed by atoms with van der Waals surface area (Å²) in [6, 6.07) is 4.03. The van der Waals surface area contributed by atoms with E-state index in [-0.39, 0.29) is 10.6 Å². The summed E-state index contributed by atoms with van der Waals surface area (Å²) in [6.07, 6.45) is 0. The minimum atomic E-state index is -3.92. The van der Waals surface area contributed by atoms with Crippen LogP contribution in [-0.2, 0) is 10.0 Å². The first kappa shape index (κ1) is 13.8. The van der Waals surface area contributed by atoms with Gasteiger partial charge in [-0.1, -0.05) is 6.07 Å². The van der Waals surface area contributed by atoms with Crippen LogP contribution >= 0.6 is 0 Å². The molecule has 1 aromatic rings. The monoisotopic (exact) mass is 299 g/mol. The van der Waals surface area contributed by atoms with Gasteiger partial charge in [-0.15, -0.1) is 0 Å². The number of nitrogens with zero attached hydrogens (tertiary/aromatic N) is 2. The molecule has 2 heterocycles. The number of rotatable bonds is 2. The normalized spacial score (nSPS) is 27.1. The van der Waals surface area contributed by atoms with Crippen LogP contribution in [0.3, 0.4) is 0 Å². The van der Waals surface area contributed by atoms with E-state index in [1.165, 1.54) is 18.2 Å². The lowest BCUT2D eigenvalue weighted by molar-refractivity contribution is 0.386. The molecule has 0 radical (unpaired) electrons. The summed E-state index contributed by atoms with van der Waals surface area (Å²) in [6.45, 7) is 3.30. The topological polar surface area (TPSA) is 66.6 Å². The molecule has 2 aliphatic rings. The molecule has 7 heteroatoms. The Hall–Kier alpha value is -1.18. The van der Waals surface area contributed by atoms with Gasteiger partial charge >= 0.3 is 0 Å². The van der Waals surface area contributed by atoms with Crippen LogP contribution in [0.5, 0.6) is 0 Å². The first-order valence-corrected chi connectivity index (χ1v) is 8.15. The zero-order valence-electron chi connectivity index (χ0n) is 11.3. The van der Waals surface area contributed by atoms with Crippen LogP contribution in [0, 0.1) is 17.7 Å². The van der Waals surface area contributed by atoms with Crippen molar-refractivity contribution in [3.63, 3.8) is 0 Å². The molecule has 110 valence electrons. The van der Waals surface area contributed by atoms with E-state index in [4.69, 9.17) is 5.14 Å². The molecule has 0 spiro atoms. The zero-order valence-corrected chi connectivity index (χ0v) is 12.1. The number of hydrogen-bond donors (Lipinski definition) is 1. The van der Waals surface area contributed by atoms with Gasteiger partial charge in [-0.3, -0.25) is 0 Å². The molecular formula is C13H18FN3O2S. The zero-order chi connectivity index (χ0) is 14.5. The first-order chi connectivity index (χ1) is 9.36. The smallest absolute Gasteiger partial charge is 0.240 e. The number of nitrogens with two attached hydrogens (primary N) is 1. The molecular weight excluding hydrogens is 281 g/mol. The van der Waals surface area contributed by atoms with E-state index in [9.17, 15) is 12.8 Å². The van der Waals surface area contributed by atoms with Crippen LogP contribution in [0.1, 0.15) is 0 Å². The Morgan fingerprint density at radius 2 is 1.80 bits per heavy atom. The second-order valence-electron chi connectivity index (χ2n) is 5.78. The molecule has 0 amide bonds. The van der Waals surface area contributed by atoms with Gasteiger partial charge in [-0.25, -0.2) is 17.9 Å². The Morgan fingerprint density at radius 1 is 1.20 bits per heavy atom. The van der Waals surface area contributed by atoms with Crippen LogP contribution in [0.4, 0.5) is 10.1 Å². The minimum absolute atomic E-state index is 0.120. The van der Waals surface area contributed by atoms with Crippen molar-refractivity contribution in [2.24, 2.45) is 17.0 Å². The molecule has 20 heavy (non-hydrogen) atoms. The van der Waals surface area contributed by atoms with Crippen LogP contribution < -0.4 is 10.0 Å². The number of likely N-dealkylation sites (tertiary alicyclic amines) is 1. The molecule has 2 fully saturated rings. The summed E-state index contributed by atoms with van der Waals surface area (Å²) >= 11 is 0. The lowest BCUT2D eigenvalue weighted by atomic mass is 10.0. The van der Waals surface area contributed by atoms with Crippen LogP contribution in [-0.4, -0.2) is 46.5 Å². The number of primary sulfonamides is 1. The highest BCUT2D eigenvalue weighted by atomic mass is 32.2. The van der Waals surface area contributed by atoms with Crippen LogP contribution in [0.25, 0.3) is 0 Å². The highest BCUT2D eigenvalue weighted by Gasteiger charge is 2.40. The number of fused-ring (bicyclic) bond motifs is 1. The van der Waals surface area contributed by atoms with Crippen molar-refractivity contribution in [1.82, 2.24) is 4.90 Å². The van der Waals surface area contributed by atoms with Crippen LogP contribution in [0.2, 0.25) is 0 Å². The van der Waals surface area contributed by atoms with E-state index < -0.39 is 15.8 Å². The van der Waals surface area contributed by atoms with Gasteiger partial charge in [0.1, 0.15) is 10.7 Å². The third-order valence-corrected chi connectivity index (χ3v) is 5.18. The number of halogens is 1. The van der Waals surface area contributed by atoms with Gasteiger partial charge in [0.25, 0.3) is 0 Å². The molecule has 0 unspecified atom stereocenters. The molecule has 1 aromatic carbocycles. The van der Waals surface area contributed by atoms with E-state index in [2.05, 4.69) is 11.9 Å².